The van der Waals surface area contributed by atoms with Crippen molar-refractivity contribution in [2.24, 2.45) is 0 Å². The zero-order chi connectivity index (χ0) is 8.89. The molecule has 0 radical (unpaired) electrons. The molecule has 3 heteroatoms. The molecular formula is C10H11BrN2. The van der Waals surface area contributed by atoms with Crippen molar-refractivity contribution in [1.82, 2.24) is 4.98 Å². The Morgan fingerprint density at radius 1 is 1.38 bits per heavy atom. The van der Waals surface area contributed by atoms with Gasteiger partial charge >= 0.3 is 0 Å². The van der Waals surface area contributed by atoms with E-state index in [9.17, 15) is 0 Å². The average molecular weight is 239 g/mol. The van der Waals surface area contributed by atoms with Gasteiger partial charge in [-0.25, -0.2) is 4.98 Å². The van der Waals surface area contributed by atoms with Crippen LogP contribution in [0.5, 0.6) is 0 Å². The van der Waals surface area contributed by atoms with Crippen molar-refractivity contribution in [2.75, 3.05) is 11.9 Å². The van der Waals surface area contributed by atoms with Gasteiger partial charge in [-0.15, -0.1) is 0 Å². The van der Waals surface area contributed by atoms with Crippen molar-refractivity contribution in [3.05, 3.63) is 22.4 Å². The minimum Gasteiger partial charge on any atom is -0.383 e. The number of hydrogen-bond donors (Lipinski definition) is 1. The van der Waals surface area contributed by atoms with E-state index in [2.05, 4.69) is 32.3 Å². The molecular weight excluding hydrogens is 228 g/mol. The van der Waals surface area contributed by atoms with Crippen LogP contribution in [0.3, 0.4) is 0 Å². The Hall–Kier alpha value is -0.570. The molecule has 0 amide bonds. The molecule has 1 saturated carbocycles. The van der Waals surface area contributed by atoms with E-state index in [1.165, 1.54) is 30.6 Å². The fourth-order valence-corrected chi connectivity index (χ4v) is 2.66. The number of anilines is 1. The third kappa shape index (κ3) is 0.966. The Bertz CT molecular complexity index is 358. The van der Waals surface area contributed by atoms with Crippen LogP contribution in [0.1, 0.15) is 25.0 Å². The molecule has 68 valence electrons. The number of hydrogen-bond acceptors (Lipinski definition) is 2. The number of nitrogens with zero attached hydrogens (tertiary/aromatic N) is 1. The van der Waals surface area contributed by atoms with E-state index in [0.29, 0.717) is 5.41 Å². The minimum atomic E-state index is 0.388. The van der Waals surface area contributed by atoms with Crippen molar-refractivity contribution in [2.45, 2.75) is 24.7 Å². The van der Waals surface area contributed by atoms with E-state index >= 15 is 0 Å². The fraction of sp³-hybridized carbons (Fsp3) is 0.500. The predicted molar refractivity (Wildman–Crippen MR) is 56.0 cm³/mol. The van der Waals surface area contributed by atoms with Crippen molar-refractivity contribution in [3.63, 3.8) is 0 Å². The van der Waals surface area contributed by atoms with Gasteiger partial charge in [0.15, 0.2) is 0 Å². The highest BCUT2D eigenvalue weighted by atomic mass is 79.9. The summed E-state index contributed by atoms with van der Waals surface area (Å²) in [7, 11) is 0. The molecule has 1 fully saturated rings. The molecule has 0 saturated heterocycles. The summed E-state index contributed by atoms with van der Waals surface area (Å²) in [6.45, 7) is 1.09. The number of fused-ring (bicyclic) bond motifs is 2. The van der Waals surface area contributed by atoms with E-state index in [0.717, 1.165) is 11.1 Å². The van der Waals surface area contributed by atoms with E-state index in [1.807, 2.05) is 6.07 Å². The molecule has 0 unspecified atom stereocenters. The van der Waals surface area contributed by atoms with E-state index in [4.69, 9.17) is 0 Å². The van der Waals surface area contributed by atoms with Gasteiger partial charge in [0.2, 0.25) is 0 Å². The lowest BCUT2D eigenvalue weighted by molar-refractivity contribution is 0.265. The number of aromatic nitrogens is 1. The standard InChI is InChI=1S/C10H11BrN2/c11-8-3-2-7-9(13-8)10(6-12-7)4-1-5-10/h2-3,12H,1,4-6H2. The van der Waals surface area contributed by atoms with Crippen LogP contribution in [0.4, 0.5) is 5.69 Å². The molecule has 0 aromatic carbocycles. The van der Waals surface area contributed by atoms with Gasteiger partial charge in [-0.05, 0) is 40.9 Å². The summed E-state index contributed by atoms with van der Waals surface area (Å²) in [5.41, 5.74) is 2.91. The third-order valence-electron chi connectivity index (χ3n) is 3.29. The van der Waals surface area contributed by atoms with Crippen molar-refractivity contribution in [3.8, 4) is 0 Å². The molecule has 2 nitrogen and oxygen atoms in total. The highest BCUT2D eigenvalue weighted by Gasteiger charge is 2.45. The van der Waals surface area contributed by atoms with E-state index in [-0.39, 0.29) is 0 Å². The number of rotatable bonds is 0. The summed E-state index contributed by atoms with van der Waals surface area (Å²) in [5.74, 6) is 0. The Morgan fingerprint density at radius 3 is 2.92 bits per heavy atom. The van der Waals surface area contributed by atoms with Crippen LogP contribution in [0.15, 0.2) is 16.7 Å². The first kappa shape index (κ1) is 7.80. The Labute approximate surface area is 85.9 Å². The van der Waals surface area contributed by atoms with Crippen molar-refractivity contribution >= 4 is 21.6 Å². The van der Waals surface area contributed by atoms with Gasteiger partial charge in [0.25, 0.3) is 0 Å². The summed E-state index contributed by atoms with van der Waals surface area (Å²) in [6, 6.07) is 4.13. The second kappa shape index (κ2) is 2.47. The second-order valence-electron chi connectivity index (χ2n) is 4.02. The fourth-order valence-electron chi connectivity index (χ4n) is 2.35. The number of nitrogens with one attached hydrogen (secondary N) is 1. The topological polar surface area (TPSA) is 24.9 Å². The maximum Gasteiger partial charge on any atom is 0.106 e. The molecule has 1 spiro atoms. The predicted octanol–water partition coefficient (Wildman–Crippen LogP) is 2.69. The quantitative estimate of drug-likeness (QED) is 0.704. The molecule has 13 heavy (non-hydrogen) atoms. The number of pyridine rings is 1. The lowest BCUT2D eigenvalue weighted by Gasteiger charge is -2.37. The lowest BCUT2D eigenvalue weighted by Crippen LogP contribution is -2.36. The second-order valence-corrected chi connectivity index (χ2v) is 4.83. The largest absolute Gasteiger partial charge is 0.383 e. The first-order valence-corrected chi connectivity index (χ1v) is 5.50. The molecule has 2 aliphatic rings. The minimum absolute atomic E-state index is 0.388. The molecule has 1 N–H and O–H groups in total. The average Bonchev–Trinajstić information content (AvgIpc) is 2.41. The van der Waals surface area contributed by atoms with Crippen LogP contribution in [-0.2, 0) is 5.41 Å². The molecule has 0 atom stereocenters. The van der Waals surface area contributed by atoms with Gasteiger partial charge in [-0.1, -0.05) is 6.42 Å². The summed E-state index contributed by atoms with van der Waals surface area (Å²) < 4.78 is 0.959. The van der Waals surface area contributed by atoms with Gasteiger partial charge in [-0.2, -0.15) is 0 Å². The highest BCUT2D eigenvalue weighted by Crippen LogP contribution is 2.49. The van der Waals surface area contributed by atoms with Crippen LogP contribution >= 0.6 is 15.9 Å². The SMILES string of the molecule is Brc1ccc2c(n1)C1(CCC1)CN2. The summed E-state index contributed by atoms with van der Waals surface area (Å²) >= 11 is 3.43. The molecule has 1 aliphatic carbocycles. The lowest BCUT2D eigenvalue weighted by atomic mass is 9.68. The van der Waals surface area contributed by atoms with Crippen LogP contribution in [0.25, 0.3) is 0 Å². The van der Waals surface area contributed by atoms with Crippen LogP contribution in [0.2, 0.25) is 0 Å². The molecule has 0 bridgehead atoms. The van der Waals surface area contributed by atoms with Gasteiger partial charge in [-0.3, -0.25) is 0 Å². The monoisotopic (exact) mass is 238 g/mol. The maximum atomic E-state index is 4.58. The van der Waals surface area contributed by atoms with E-state index in [1.54, 1.807) is 0 Å². The third-order valence-corrected chi connectivity index (χ3v) is 3.73. The van der Waals surface area contributed by atoms with Crippen LogP contribution < -0.4 is 5.32 Å². The van der Waals surface area contributed by atoms with E-state index < -0.39 is 0 Å². The molecule has 2 heterocycles. The van der Waals surface area contributed by atoms with Gasteiger partial charge < -0.3 is 5.32 Å². The van der Waals surface area contributed by atoms with Gasteiger partial charge in [0, 0.05) is 12.0 Å². The normalized spacial score (nSPS) is 22.2. The first-order chi connectivity index (χ1) is 6.30. The maximum absolute atomic E-state index is 4.58. The van der Waals surface area contributed by atoms with Crippen LogP contribution in [0, 0.1) is 0 Å². The highest BCUT2D eigenvalue weighted by molar-refractivity contribution is 9.10. The van der Waals surface area contributed by atoms with Crippen molar-refractivity contribution in [1.29, 1.82) is 0 Å². The Kier molecular flexibility index (Phi) is 1.48. The summed E-state index contributed by atoms with van der Waals surface area (Å²) in [6.07, 6.45) is 3.96. The Balaban J connectivity index is 2.14. The van der Waals surface area contributed by atoms with Gasteiger partial charge in [0.05, 0.1) is 11.4 Å². The Morgan fingerprint density at radius 2 is 2.23 bits per heavy atom. The van der Waals surface area contributed by atoms with Crippen molar-refractivity contribution < 1.29 is 0 Å². The van der Waals surface area contributed by atoms with Crippen LogP contribution in [-0.4, -0.2) is 11.5 Å². The first-order valence-electron chi connectivity index (χ1n) is 4.71. The zero-order valence-corrected chi connectivity index (χ0v) is 8.89. The van der Waals surface area contributed by atoms with Gasteiger partial charge in [0.1, 0.15) is 4.60 Å². The molecule has 1 aromatic rings. The molecule has 3 rings (SSSR count). The number of halogens is 1. The molecule has 1 aliphatic heterocycles. The zero-order valence-electron chi connectivity index (χ0n) is 7.31. The molecule has 1 aromatic heterocycles. The summed E-state index contributed by atoms with van der Waals surface area (Å²) in [5, 5.41) is 3.44. The smallest absolute Gasteiger partial charge is 0.106 e. The summed E-state index contributed by atoms with van der Waals surface area (Å²) in [4.78, 5) is 4.58.